The van der Waals surface area contributed by atoms with Crippen LogP contribution in [0.15, 0.2) is 36.4 Å². The fourth-order valence-electron chi connectivity index (χ4n) is 2.71. The van der Waals surface area contributed by atoms with Crippen LogP contribution in [0.5, 0.6) is 5.75 Å². The van der Waals surface area contributed by atoms with E-state index in [1.54, 1.807) is 12.1 Å². The maximum Gasteiger partial charge on any atom is 0.124 e. The van der Waals surface area contributed by atoms with Crippen molar-refractivity contribution in [3.8, 4) is 11.8 Å². The van der Waals surface area contributed by atoms with Crippen molar-refractivity contribution in [1.29, 1.82) is 5.26 Å². The summed E-state index contributed by atoms with van der Waals surface area (Å²) >= 11 is 0. The molecule has 0 amide bonds. The maximum atomic E-state index is 13.1. The first-order valence-electron chi connectivity index (χ1n) is 6.46. The molecule has 0 aromatic heterocycles. The van der Waals surface area contributed by atoms with Gasteiger partial charge in [0, 0.05) is 0 Å². The predicted molar refractivity (Wildman–Crippen MR) is 73.9 cm³/mol. The molecule has 0 radical (unpaired) electrons. The molecule has 4 heteroatoms. The van der Waals surface area contributed by atoms with Crippen LogP contribution in [0, 0.1) is 17.1 Å². The summed E-state index contributed by atoms with van der Waals surface area (Å²) in [5.41, 5.74) is 2.90. The molecule has 100 valence electrons. The molecule has 0 saturated heterocycles. The lowest BCUT2D eigenvalue weighted by molar-refractivity contribution is 0.469. The smallest absolute Gasteiger partial charge is 0.124 e. The van der Waals surface area contributed by atoms with Crippen LogP contribution in [0.1, 0.15) is 29.2 Å². The van der Waals surface area contributed by atoms with E-state index in [1.165, 1.54) is 12.1 Å². The summed E-state index contributed by atoms with van der Waals surface area (Å²) in [4.78, 5) is 0. The molecule has 1 unspecified atom stereocenters. The van der Waals surface area contributed by atoms with Crippen molar-refractivity contribution in [2.75, 3.05) is 5.32 Å². The van der Waals surface area contributed by atoms with Gasteiger partial charge in [-0.25, -0.2) is 4.39 Å². The van der Waals surface area contributed by atoms with Crippen molar-refractivity contribution in [2.45, 2.75) is 18.9 Å². The molecule has 2 N–H and O–H groups in total. The number of hydrogen-bond acceptors (Lipinski definition) is 3. The minimum absolute atomic E-state index is 0.0367. The molecule has 3 rings (SSSR count). The highest BCUT2D eigenvalue weighted by atomic mass is 19.1. The topological polar surface area (TPSA) is 56.0 Å². The zero-order chi connectivity index (χ0) is 14.1. The zero-order valence-electron chi connectivity index (χ0n) is 10.7. The Balaban J connectivity index is 1.92. The summed E-state index contributed by atoms with van der Waals surface area (Å²) in [6.45, 7) is 0. The summed E-state index contributed by atoms with van der Waals surface area (Å²) in [5.74, 6) is -0.108. The van der Waals surface area contributed by atoms with Gasteiger partial charge in [0.1, 0.15) is 17.6 Å². The van der Waals surface area contributed by atoms with Crippen molar-refractivity contribution in [2.24, 2.45) is 0 Å². The number of rotatable bonds is 2. The number of halogens is 1. The summed E-state index contributed by atoms with van der Waals surface area (Å²) in [6, 6.07) is 11.6. The first-order chi connectivity index (χ1) is 9.69. The Morgan fingerprint density at radius 1 is 1.30 bits per heavy atom. The number of nitrogens with one attached hydrogen (secondary N) is 1. The fraction of sp³-hybridized carbons (Fsp3) is 0.188. The largest absolute Gasteiger partial charge is 0.508 e. The number of nitriles is 1. The molecule has 0 spiro atoms. The zero-order valence-corrected chi connectivity index (χ0v) is 10.7. The highest BCUT2D eigenvalue weighted by Gasteiger charge is 2.25. The van der Waals surface area contributed by atoms with Crippen LogP contribution in [0.25, 0.3) is 0 Å². The van der Waals surface area contributed by atoms with Gasteiger partial charge in [-0.3, -0.25) is 0 Å². The molecule has 2 aromatic carbocycles. The number of phenols is 1. The van der Waals surface area contributed by atoms with Crippen LogP contribution >= 0.6 is 0 Å². The number of nitrogens with zero attached hydrogens (tertiary/aromatic N) is 1. The third-order valence-electron chi connectivity index (χ3n) is 3.68. The Hall–Kier alpha value is -2.54. The monoisotopic (exact) mass is 268 g/mol. The molecule has 0 fully saturated rings. The number of hydrogen-bond donors (Lipinski definition) is 2. The number of phenolic OH excluding ortho intramolecular Hbond substituents is 1. The van der Waals surface area contributed by atoms with Gasteiger partial charge in [0.05, 0.1) is 17.3 Å². The van der Waals surface area contributed by atoms with Crippen LogP contribution in [-0.2, 0) is 6.42 Å². The van der Waals surface area contributed by atoms with Gasteiger partial charge in [0.2, 0.25) is 0 Å². The SMILES string of the molecule is N#Cc1cc(F)ccc1NC1CCc2c(O)cccc21. The Labute approximate surface area is 116 Å². The number of aromatic hydroxyl groups is 1. The Bertz CT molecular complexity index is 706. The maximum absolute atomic E-state index is 13.1. The van der Waals surface area contributed by atoms with Gasteiger partial charge in [0.15, 0.2) is 0 Å². The second-order valence-electron chi connectivity index (χ2n) is 4.88. The Kier molecular flexibility index (Phi) is 3.03. The Morgan fingerprint density at radius 2 is 2.15 bits per heavy atom. The van der Waals surface area contributed by atoms with Crippen molar-refractivity contribution in [1.82, 2.24) is 0 Å². The van der Waals surface area contributed by atoms with Gasteiger partial charge in [-0.15, -0.1) is 0 Å². The first-order valence-corrected chi connectivity index (χ1v) is 6.46. The van der Waals surface area contributed by atoms with Gasteiger partial charge < -0.3 is 10.4 Å². The molecule has 0 bridgehead atoms. The fourth-order valence-corrected chi connectivity index (χ4v) is 2.71. The average Bonchev–Trinajstić information content (AvgIpc) is 2.85. The van der Waals surface area contributed by atoms with E-state index in [9.17, 15) is 9.50 Å². The molecule has 0 heterocycles. The Morgan fingerprint density at radius 3 is 2.95 bits per heavy atom. The lowest BCUT2D eigenvalue weighted by Crippen LogP contribution is -2.08. The normalized spacial score (nSPS) is 16.5. The summed E-state index contributed by atoms with van der Waals surface area (Å²) < 4.78 is 13.1. The molecule has 1 atom stereocenters. The average molecular weight is 268 g/mol. The second kappa shape index (κ2) is 4.86. The molecule has 0 saturated carbocycles. The second-order valence-corrected chi connectivity index (χ2v) is 4.88. The third kappa shape index (κ3) is 2.08. The standard InChI is InChI=1S/C16H13FN2O/c17-11-4-6-14(10(8-11)9-18)19-15-7-5-13-12(15)2-1-3-16(13)20/h1-4,6,8,15,19-20H,5,7H2. The first kappa shape index (κ1) is 12.5. The van der Waals surface area contributed by atoms with Gasteiger partial charge in [-0.2, -0.15) is 5.26 Å². The van der Waals surface area contributed by atoms with E-state index >= 15 is 0 Å². The summed E-state index contributed by atoms with van der Waals surface area (Å²) in [7, 11) is 0. The minimum Gasteiger partial charge on any atom is -0.508 e. The van der Waals surface area contributed by atoms with Gasteiger partial charge in [-0.1, -0.05) is 12.1 Å². The molecule has 20 heavy (non-hydrogen) atoms. The number of fused-ring (bicyclic) bond motifs is 1. The van der Waals surface area contributed by atoms with E-state index < -0.39 is 5.82 Å². The van der Waals surface area contributed by atoms with Crippen LogP contribution in [0.3, 0.4) is 0 Å². The van der Waals surface area contributed by atoms with Crippen molar-refractivity contribution in [3.63, 3.8) is 0 Å². The van der Waals surface area contributed by atoms with Crippen LogP contribution in [-0.4, -0.2) is 5.11 Å². The summed E-state index contributed by atoms with van der Waals surface area (Å²) in [6.07, 6.45) is 1.64. The van der Waals surface area contributed by atoms with E-state index in [4.69, 9.17) is 5.26 Å². The van der Waals surface area contributed by atoms with Gasteiger partial charge >= 0.3 is 0 Å². The molecule has 0 aliphatic heterocycles. The molecule has 1 aliphatic rings. The molecule has 3 nitrogen and oxygen atoms in total. The molecule has 2 aromatic rings. The highest BCUT2D eigenvalue weighted by Crippen LogP contribution is 2.38. The van der Waals surface area contributed by atoms with Gasteiger partial charge in [-0.05, 0) is 48.2 Å². The lowest BCUT2D eigenvalue weighted by atomic mass is 10.1. The van der Waals surface area contributed by atoms with Gasteiger partial charge in [0.25, 0.3) is 0 Å². The highest BCUT2D eigenvalue weighted by molar-refractivity contribution is 5.59. The molecular weight excluding hydrogens is 255 g/mol. The quantitative estimate of drug-likeness (QED) is 0.876. The van der Waals surface area contributed by atoms with Crippen LogP contribution in [0.4, 0.5) is 10.1 Å². The summed E-state index contributed by atoms with van der Waals surface area (Å²) in [5, 5.41) is 22.2. The predicted octanol–water partition coefficient (Wildman–Crippen LogP) is 3.50. The van der Waals surface area contributed by atoms with Crippen molar-refractivity contribution in [3.05, 3.63) is 58.9 Å². The van der Waals surface area contributed by atoms with Crippen molar-refractivity contribution >= 4 is 5.69 Å². The lowest BCUT2D eigenvalue weighted by Gasteiger charge is -2.16. The van der Waals surface area contributed by atoms with E-state index in [-0.39, 0.29) is 6.04 Å². The van der Waals surface area contributed by atoms with Crippen molar-refractivity contribution < 1.29 is 9.50 Å². The van der Waals surface area contributed by atoms with E-state index in [0.29, 0.717) is 17.0 Å². The molecular formula is C16H13FN2O. The number of anilines is 1. The molecule has 1 aliphatic carbocycles. The van der Waals surface area contributed by atoms with Crippen LogP contribution in [0.2, 0.25) is 0 Å². The van der Waals surface area contributed by atoms with Crippen LogP contribution < -0.4 is 5.32 Å². The number of benzene rings is 2. The minimum atomic E-state index is -0.420. The van der Waals surface area contributed by atoms with E-state index in [2.05, 4.69) is 5.32 Å². The van der Waals surface area contributed by atoms with E-state index in [1.807, 2.05) is 18.2 Å². The third-order valence-corrected chi connectivity index (χ3v) is 3.68. The van der Waals surface area contributed by atoms with E-state index in [0.717, 1.165) is 24.0 Å².